The van der Waals surface area contributed by atoms with Gasteiger partial charge < -0.3 is 19.4 Å². The number of hydrogen-bond acceptors (Lipinski definition) is 6. The molecule has 1 aromatic heterocycles. The van der Waals surface area contributed by atoms with E-state index in [0.717, 1.165) is 5.56 Å². The molecule has 0 bridgehead atoms. The van der Waals surface area contributed by atoms with Crippen LogP contribution in [0.4, 0.5) is 0 Å². The molecule has 31 heavy (non-hydrogen) atoms. The molecule has 2 aromatic rings. The first kappa shape index (κ1) is 22.2. The molecule has 0 unspecified atom stereocenters. The van der Waals surface area contributed by atoms with Gasteiger partial charge >= 0.3 is 5.97 Å². The summed E-state index contributed by atoms with van der Waals surface area (Å²) in [6, 6.07) is 10.8. The van der Waals surface area contributed by atoms with E-state index in [0.29, 0.717) is 43.1 Å². The number of aryl methyl sites for hydroxylation is 1. The number of H-pyrrole nitrogens is 1. The number of hydrogen-bond donors (Lipinski definition) is 1. The summed E-state index contributed by atoms with van der Waals surface area (Å²) in [6.45, 7) is 5.22. The predicted octanol–water partition coefficient (Wildman–Crippen LogP) is 1.94. The van der Waals surface area contributed by atoms with Gasteiger partial charge in [-0.2, -0.15) is 5.26 Å². The van der Waals surface area contributed by atoms with Crippen LogP contribution in [0.15, 0.2) is 35.1 Å². The Kier molecular flexibility index (Phi) is 7.21. The number of nitriles is 1. The maximum Gasteiger partial charge on any atom is 0.307 e. The summed E-state index contributed by atoms with van der Waals surface area (Å²) >= 11 is 0. The van der Waals surface area contributed by atoms with E-state index in [1.165, 1.54) is 0 Å². The van der Waals surface area contributed by atoms with Crippen LogP contribution in [0.2, 0.25) is 0 Å². The van der Waals surface area contributed by atoms with E-state index in [4.69, 9.17) is 9.47 Å². The Morgan fingerprint density at radius 3 is 2.55 bits per heavy atom. The number of amides is 1. The fraction of sp³-hybridized carbons (Fsp3) is 0.391. The third-order valence-electron chi connectivity index (χ3n) is 5.40. The van der Waals surface area contributed by atoms with Gasteiger partial charge in [0.1, 0.15) is 11.6 Å². The van der Waals surface area contributed by atoms with Crippen LogP contribution in [0.25, 0.3) is 0 Å². The summed E-state index contributed by atoms with van der Waals surface area (Å²) in [7, 11) is 0. The fourth-order valence-electron chi connectivity index (χ4n) is 3.68. The van der Waals surface area contributed by atoms with Crippen LogP contribution in [-0.4, -0.2) is 48.1 Å². The largest absolute Gasteiger partial charge is 0.447 e. The van der Waals surface area contributed by atoms with E-state index < -0.39 is 17.6 Å². The lowest BCUT2D eigenvalue weighted by atomic mass is 9.99. The van der Waals surface area contributed by atoms with Crippen molar-refractivity contribution in [3.05, 3.63) is 68.6 Å². The van der Waals surface area contributed by atoms with Crippen molar-refractivity contribution in [1.29, 1.82) is 5.26 Å². The fourth-order valence-corrected chi connectivity index (χ4v) is 3.68. The summed E-state index contributed by atoms with van der Waals surface area (Å²) in [5, 5.41) is 9.21. The monoisotopic (exact) mass is 423 g/mol. The van der Waals surface area contributed by atoms with Gasteiger partial charge in [0.05, 0.1) is 13.2 Å². The van der Waals surface area contributed by atoms with Gasteiger partial charge in [-0.1, -0.05) is 30.3 Å². The van der Waals surface area contributed by atoms with Gasteiger partial charge in [0.15, 0.2) is 0 Å². The van der Waals surface area contributed by atoms with Gasteiger partial charge in [0.25, 0.3) is 11.5 Å². The zero-order valence-electron chi connectivity index (χ0n) is 17.6. The second kappa shape index (κ2) is 10.0. The lowest BCUT2D eigenvalue weighted by Crippen LogP contribution is -2.44. The van der Waals surface area contributed by atoms with Crippen molar-refractivity contribution in [3.8, 4) is 6.07 Å². The van der Waals surface area contributed by atoms with Gasteiger partial charge in [-0.25, -0.2) is 0 Å². The van der Waals surface area contributed by atoms with Gasteiger partial charge in [-0.05, 0) is 31.4 Å². The second-order valence-corrected chi connectivity index (χ2v) is 7.39. The van der Waals surface area contributed by atoms with E-state index in [1.54, 1.807) is 43.0 Å². The zero-order valence-corrected chi connectivity index (χ0v) is 17.6. The summed E-state index contributed by atoms with van der Waals surface area (Å²) in [6.07, 6.45) is -0.729. The molecule has 162 valence electrons. The first-order valence-corrected chi connectivity index (χ1v) is 10.2. The summed E-state index contributed by atoms with van der Waals surface area (Å²) in [4.78, 5) is 41.9. The van der Waals surface area contributed by atoms with Gasteiger partial charge in [-0.3, -0.25) is 14.4 Å². The number of nitrogens with one attached hydrogen (secondary N) is 1. The average molecular weight is 423 g/mol. The maximum atomic E-state index is 13.1. The number of pyridine rings is 1. The minimum atomic E-state index is -1.03. The van der Waals surface area contributed by atoms with E-state index in [1.807, 2.05) is 12.1 Å². The second-order valence-electron chi connectivity index (χ2n) is 7.39. The average Bonchev–Trinajstić information content (AvgIpc) is 2.78. The molecule has 0 spiro atoms. The van der Waals surface area contributed by atoms with Crippen molar-refractivity contribution in [3.63, 3.8) is 0 Å². The molecular weight excluding hydrogens is 398 g/mol. The number of carbonyl (C=O) groups is 2. The first-order chi connectivity index (χ1) is 14.9. The Labute approximate surface area is 180 Å². The quantitative estimate of drug-likeness (QED) is 0.711. The summed E-state index contributed by atoms with van der Waals surface area (Å²) < 4.78 is 10.9. The van der Waals surface area contributed by atoms with Crippen molar-refractivity contribution in [2.45, 2.75) is 32.8 Å². The van der Waals surface area contributed by atoms with Crippen LogP contribution in [-0.2, 0) is 25.5 Å². The molecule has 0 aliphatic carbocycles. The Morgan fingerprint density at radius 1 is 1.23 bits per heavy atom. The highest BCUT2D eigenvalue weighted by Crippen LogP contribution is 2.23. The summed E-state index contributed by atoms with van der Waals surface area (Å²) in [5.74, 6) is -0.801. The van der Waals surface area contributed by atoms with Gasteiger partial charge in [0, 0.05) is 30.8 Å². The molecule has 1 amide bonds. The van der Waals surface area contributed by atoms with Crippen LogP contribution in [0, 0.1) is 25.2 Å². The van der Waals surface area contributed by atoms with Crippen LogP contribution < -0.4 is 5.56 Å². The Balaban J connectivity index is 1.75. The highest BCUT2D eigenvalue weighted by Gasteiger charge is 2.30. The van der Waals surface area contributed by atoms with Crippen molar-refractivity contribution in [2.75, 3.05) is 26.3 Å². The molecule has 1 fully saturated rings. The number of morpholine rings is 1. The molecule has 8 nitrogen and oxygen atoms in total. The van der Waals surface area contributed by atoms with Crippen LogP contribution in [0.1, 0.15) is 40.5 Å². The first-order valence-electron chi connectivity index (χ1n) is 10.2. The highest BCUT2D eigenvalue weighted by atomic mass is 16.5. The molecule has 3 rings (SSSR count). The number of ether oxygens (including phenoxy) is 2. The molecule has 1 aliphatic rings. The van der Waals surface area contributed by atoms with Crippen molar-refractivity contribution in [1.82, 2.24) is 9.88 Å². The minimum Gasteiger partial charge on any atom is -0.447 e. The maximum absolute atomic E-state index is 13.1. The SMILES string of the molecule is Cc1[nH]c(=O)c(C#N)c(C)c1CCC(=O)O[C@@H](C(=O)N1CCOCC1)c1ccccc1. The smallest absolute Gasteiger partial charge is 0.307 e. The van der Waals surface area contributed by atoms with Crippen LogP contribution >= 0.6 is 0 Å². The number of esters is 1. The number of aromatic amines is 1. The molecule has 8 heteroatoms. The van der Waals surface area contributed by atoms with E-state index in [-0.39, 0.29) is 24.3 Å². The van der Waals surface area contributed by atoms with Gasteiger partial charge in [-0.15, -0.1) is 0 Å². The number of aromatic nitrogens is 1. The number of carbonyl (C=O) groups excluding carboxylic acids is 2. The lowest BCUT2D eigenvalue weighted by molar-refractivity contribution is -0.162. The van der Waals surface area contributed by atoms with Crippen molar-refractivity contribution >= 4 is 11.9 Å². The third-order valence-corrected chi connectivity index (χ3v) is 5.40. The Morgan fingerprint density at radius 2 is 1.90 bits per heavy atom. The minimum absolute atomic E-state index is 0.0122. The van der Waals surface area contributed by atoms with E-state index >= 15 is 0 Å². The normalized spacial score (nSPS) is 14.5. The number of benzene rings is 1. The van der Waals surface area contributed by atoms with Gasteiger partial charge in [0.2, 0.25) is 6.10 Å². The van der Waals surface area contributed by atoms with Crippen molar-refractivity contribution < 1.29 is 19.1 Å². The lowest BCUT2D eigenvalue weighted by Gasteiger charge is -2.30. The van der Waals surface area contributed by atoms with Crippen LogP contribution in [0.3, 0.4) is 0 Å². The highest BCUT2D eigenvalue weighted by molar-refractivity contribution is 5.85. The Hall–Kier alpha value is -3.44. The van der Waals surface area contributed by atoms with E-state index in [2.05, 4.69) is 4.98 Å². The topological polar surface area (TPSA) is 112 Å². The molecular formula is C23H25N3O5. The molecule has 1 aromatic carbocycles. The standard InChI is InChI=1S/C23H25N3O5/c1-15-18(16(2)25-22(28)19(15)14-24)8-9-20(27)31-21(17-6-4-3-5-7-17)23(29)26-10-12-30-13-11-26/h3-7,21H,8-13H2,1-2H3,(H,25,28)/t21-/m1/s1. The molecule has 1 aliphatic heterocycles. The molecule has 1 saturated heterocycles. The van der Waals surface area contributed by atoms with Crippen molar-refractivity contribution in [2.24, 2.45) is 0 Å². The number of rotatable bonds is 6. The molecule has 0 saturated carbocycles. The molecule has 0 radical (unpaired) electrons. The molecule has 2 heterocycles. The van der Waals surface area contributed by atoms with Crippen LogP contribution in [0.5, 0.6) is 0 Å². The number of nitrogens with zero attached hydrogens (tertiary/aromatic N) is 2. The third kappa shape index (κ3) is 5.19. The summed E-state index contributed by atoms with van der Waals surface area (Å²) in [5.41, 5.74) is 2.10. The Bertz CT molecular complexity index is 1050. The zero-order chi connectivity index (χ0) is 22.4. The molecule has 1 atom stereocenters. The van der Waals surface area contributed by atoms with E-state index in [9.17, 15) is 19.6 Å². The molecule has 1 N–H and O–H groups in total. The predicted molar refractivity (Wildman–Crippen MR) is 112 cm³/mol.